The van der Waals surface area contributed by atoms with Crippen molar-refractivity contribution in [1.29, 1.82) is 0 Å². The van der Waals surface area contributed by atoms with Gasteiger partial charge >= 0.3 is 29.8 Å². The predicted octanol–water partition coefficient (Wildman–Crippen LogP) is 2.18. The number of esters is 2. The largest absolute Gasteiger partial charge is 0.478 e. The Hall–Kier alpha value is -4.05. The van der Waals surface area contributed by atoms with Crippen LogP contribution in [0.4, 0.5) is 0 Å². The Bertz CT molecular complexity index is 1000. The second-order valence-electron chi connectivity index (χ2n) is 6.07. The van der Waals surface area contributed by atoms with Crippen molar-refractivity contribution in [2.24, 2.45) is 0 Å². The summed E-state index contributed by atoms with van der Waals surface area (Å²) < 4.78 is 9.28. The zero-order chi connectivity index (χ0) is 22.4. The molecule has 10 nitrogen and oxygen atoms in total. The third-order valence-electron chi connectivity index (χ3n) is 3.77. The molecule has 0 saturated carbocycles. The van der Waals surface area contributed by atoms with Gasteiger partial charge in [-0.05, 0) is 49.4 Å². The van der Waals surface area contributed by atoms with Gasteiger partial charge in [0.2, 0.25) is 0 Å². The zero-order valence-electron chi connectivity index (χ0n) is 15.5. The van der Waals surface area contributed by atoms with Crippen molar-refractivity contribution in [1.82, 2.24) is 0 Å². The van der Waals surface area contributed by atoms with Gasteiger partial charge in [-0.1, -0.05) is 0 Å². The lowest BCUT2D eigenvalue weighted by molar-refractivity contribution is 0.0391. The van der Waals surface area contributed by atoms with Gasteiger partial charge in [0.25, 0.3) is 0 Å². The molecule has 1 aliphatic rings. The Labute approximate surface area is 169 Å². The van der Waals surface area contributed by atoms with Gasteiger partial charge in [-0.25, -0.2) is 24.0 Å². The lowest BCUT2D eigenvalue weighted by Crippen LogP contribution is -2.17. The third-order valence-corrected chi connectivity index (χ3v) is 3.77. The van der Waals surface area contributed by atoms with Gasteiger partial charge in [0.05, 0.1) is 40.5 Å². The molecular formula is C20H16O10. The van der Waals surface area contributed by atoms with Gasteiger partial charge in [-0.15, -0.1) is 0 Å². The molecule has 2 aromatic carbocycles. The number of aromatic carboxylic acids is 3. The summed E-state index contributed by atoms with van der Waals surface area (Å²) in [5.41, 5.74) is -1.73. The first-order valence-electron chi connectivity index (χ1n) is 8.42. The highest BCUT2D eigenvalue weighted by atomic mass is 16.6. The van der Waals surface area contributed by atoms with E-state index in [9.17, 15) is 24.0 Å². The van der Waals surface area contributed by atoms with Crippen molar-refractivity contribution >= 4 is 29.8 Å². The molecule has 0 spiro atoms. The van der Waals surface area contributed by atoms with E-state index in [1.54, 1.807) is 0 Å². The van der Waals surface area contributed by atoms with Crippen LogP contribution in [0.5, 0.6) is 0 Å². The summed E-state index contributed by atoms with van der Waals surface area (Å²) in [4.78, 5) is 57.0. The van der Waals surface area contributed by atoms with E-state index in [0.29, 0.717) is 6.10 Å². The zero-order valence-corrected chi connectivity index (χ0v) is 15.5. The lowest BCUT2D eigenvalue weighted by atomic mass is 10.0. The number of ether oxygens (including phenoxy) is 2. The Kier molecular flexibility index (Phi) is 6.99. The number of hydrogen-bond donors (Lipinski definition) is 3. The molecule has 3 rings (SSSR count). The maximum Gasteiger partial charge on any atom is 0.346 e. The molecule has 0 radical (unpaired) electrons. The third kappa shape index (κ3) is 5.97. The molecule has 1 saturated heterocycles. The summed E-state index contributed by atoms with van der Waals surface area (Å²) in [6.07, 6.45) is 0.583. The Balaban J connectivity index is 0.000000713. The van der Waals surface area contributed by atoms with Crippen LogP contribution in [0, 0.1) is 0 Å². The lowest BCUT2D eigenvalue weighted by Gasteiger charge is -2.07. The molecule has 156 valence electrons. The molecule has 1 aliphatic heterocycles. The van der Waals surface area contributed by atoms with Gasteiger partial charge in [-0.3, -0.25) is 0 Å². The summed E-state index contributed by atoms with van der Waals surface area (Å²) in [5, 5.41) is 26.8. The molecule has 10 heteroatoms. The number of hydrogen-bond acceptors (Lipinski definition) is 7. The monoisotopic (exact) mass is 416 g/mol. The quantitative estimate of drug-likeness (QED) is 0.373. The second-order valence-corrected chi connectivity index (χ2v) is 6.07. The summed E-state index contributed by atoms with van der Waals surface area (Å²) >= 11 is 0. The van der Waals surface area contributed by atoms with Crippen LogP contribution in [0.1, 0.15) is 58.7 Å². The van der Waals surface area contributed by atoms with Crippen molar-refractivity contribution in [2.75, 3.05) is 6.61 Å². The highest BCUT2D eigenvalue weighted by Gasteiger charge is 2.23. The fourth-order valence-corrected chi connectivity index (χ4v) is 2.08. The number of rotatable bonds is 5. The van der Waals surface area contributed by atoms with Crippen LogP contribution < -0.4 is 0 Å². The topological polar surface area (TPSA) is 168 Å². The van der Waals surface area contributed by atoms with Gasteiger partial charge in [-0.2, -0.15) is 0 Å². The molecule has 0 aliphatic carbocycles. The van der Waals surface area contributed by atoms with E-state index in [2.05, 4.69) is 11.7 Å². The normalized spacial score (nSPS) is 14.0. The maximum atomic E-state index is 12.1. The summed E-state index contributed by atoms with van der Waals surface area (Å²) in [6, 6.07) is 7.17. The van der Waals surface area contributed by atoms with Crippen molar-refractivity contribution in [3.8, 4) is 0 Å². The van der Waals surface area contributed by atoms with E-state index >= 15 is 0 Å². The summed E-state index contributed by atoms with van der Waals surface area (Å²) in [7, 11) is 0. The minimum atomic E-state index is -1.51. The highest BCUT2D eigenvalue weighted by Crippen LogP contribution is 2.16. The Morgan fingerprint density at radius 2 is 1.23 bits per heavy atom. The van der Waals surface area contributed by atoms with Crippen LogP contribution in [-0.4, -0.2) is 57.9 Å². The number of epoxide rings is 1. The van der Waals surface area contributed by atoms with Crippen LogP contribution >= 0.6 is 0 Å². The van der Waals surface area contributed by atoms with E-state index in [0.717, 1.165) is 49.1 Å². The van der Waals surface area contributed by atoms with Crippen LogP contribution in [0.25, 0.3) is 0 Å². The molecule has 1 unspecified atom stereocenters. The van der Waals surface area contributed by atoms with Gasteiger partial charge < -0.3 is 24.8 Å². The van der Waals surface area contributed by atoms with Gasteiger partial charge in [0.1, 0.15) is 0 Å². The average molecular weight is 416 g/mol. The van der Waals surface area contributed by atoms with Crippen molar-refractivity contribution in [3.63, 3.8) is 0 Å². The molecule has 0 bridgehead atoms. The average Bonchev–Trinajstić information content (AvgIpc) is 3.49. The first kappa shape index (κ1) is 22.2. The van der Waals surface area contributed by atoms with Crippen molar-refractivity contribution < 1.29 is 48.8 Å². The fourth-order valence-electron chi connectivity index (χ4n) is 2.08. The smallest absolute Gasteiger partial charge is 0.346 e. The summed E-state index contributed by atoms with van der Waals surface area (Å²) in [6.45, 7) is 3.04. The molecule has 30 heavy (non-hydrogen) atoms. The number of benzene rings is 2. The van der Waals surface area contributed by atoms with Crippen LogP contribution in [0.3, 0.4) is 0 Å². The minimum absolute atomic E-state index is 0.0878. The SMILES string of the molecule is CC1CO1.O=C(O)c1ccc(C(=O)OC(=O)c2cc(C(=O)O)ccc2C(=O)O)cc1. The van der Waals surface area contributed by atoms with Crippen LogP contribution in [-0.2, 0) is 9.47 Å². The van der Waals surface area contributed by atoms with Crippen LogP contribution in [0.15, 0.2) is 42.5 Å². The first-order valence-corrected chi connectivity index (χ1v) is 8.42. The molecule has 3 N–H and O–H groups in total. The standard InChI is InChI=1S/C17H10O9.C3H6O/c18-13(19)8-1-3-9(4-2-8)16(24)26-17(25)12-7-10(14(20)21)5-6-11(12)15(22)23;1-3-2-4-3/h1-7H,(H,18,19)(H,20,21)(H,22,23);3H,2H2,1H3. The van der Waals surface area contributed by atoms with Gasteiger partial charge in [0, 0.05) is 0 Å². The Morgan fingerprint density at radius 1 is 0.767 bits per heavy atom. The first-order chi connectivity index (χ1) is 14.1. The molecule has 1 atom stereocenters. The van der Waals surface area contributed by atoms with Gasteiger partial charge in [0.15, 0.2) is 0 Å². The van der Waals surface area contributed by atoms with E-state index < -0.39 is 41.0 Å². The molecule has 1 heterocycles. The predicted molar refractivity (Wildman–Crippen MR) is 98.9 cm³/mol. The van der Waals surface area contributed by atoms with E-state index in [-0.39, 0.29) is 16.7 Å². The fraction of sp³-hybridized carbons (Fsp3) is 0.150. The molecule has 1 fully saturated rings. The van der Waals surface area contributed by atoms with Crippen molar-refractivity contribution in [3.05, 3.63) is 70.3 Å². The van der Waals surface area contributed by atoms with E-state index in [1.807, 2.05) is 0 Å². The highest BCUT2D eigenvalue weighted by molar-refractivity contribution is 6.09. The second kappa shape index (κ2) is 9.43. The molecule has 0 aromatic heterocycles. The minimum Gasteiger partial charge on any atom is -0.478 e. The van der Waals surface area contributed by atoms with E-state index in [4.69, 9.17) is 20.1 Å². The number of carboxylic acids is 3. The molecular weight excluding hydrogens is 400 g/mol. The number of carbonyl (C=O) groups excluding carboxylic acids is 2. The number of carbonyl (C=O) groups is 5. The molecule has 2 aromatic rings. The molecule has 0 amide bonds. The van der Waals surface area contributed by atoms with Crippen LogP contribution in [0.2, 0.25) is 0 Å². The maximum absolute atomic E-state index is 12.1. The Morgan fingerprint density at radius 3 is 1.67 bits per heavy atom. The van der Waals surface area contributed by atoms with E-state index in [1.165, 1.54) is 0 Å². The van der Waals surface area contributed by atoms with Crippen molar-refractivity contribution in [2.45, 2.75) is 13.0 Å². The summed E-state index contributed by atoms with van der Waals surface area (Å²) in [5.74, 6) is -6.61. The number of carboxylic acid groups (broad SMARTS) is 3.